The topological polar surface area (TPSA) is 78.4 Å². The van der Waals surface area contributed by atoms with E-state index >= 15 is 0 Å². The zero-order chi connectivity index (χ0) is 10.2. The monoisotopic (exact) mass is 198 g/mol. The van der Waals surface area contributed by atoms with Crippen LogP contribution in [-0.4, -0.2) is 22.8 Å². The van der Waals surface area contributed by atoms with Crippen LogP contribution in [0, 0.1) is 5.92 Å². The lowest BCUT2D eigenvalue weighted by Crippen LogP contribution is -2.53. The Morgan fingerprint density at radius 3 is 2.36 bits per heavy atom. The van der Waals surface area contributed by atoms with E-state index in [0.717, 1.165) is 32.1 Å². The van der Waals surface area contributed by atoms with Crippen molar-refractivity contribution >= 4 is 11.9 Å². The Hall–Kier alpha value is -1.10. The van der Waals surface area contributed by atoms with Crippen LogP contribution in [0.15, 0.2) is 0 Å². The number of carbonyl (C=O) groups excluding carboxylic acids is 2. The van der Waals surface area contributed by atoms with Crippen molar-refractivity contribution in [2.24, 2.45) is 5.92 Å². The van der Waals surface area contributed by atoms with Crippen LogP contribution in [0.25, 0.3) is 0 Å². The lowest BCUT2D eigenvalue weighted by atomic mass is 9.81. The molecule has 1 aliphatic heterocycles. The number of nitrogens with one attached hydrogen (secondary N) is 2. The molecule has 0 aromatic carbocycles. The number of aliphatic hydroxyl groups is 1. The van der Waals surface area contributed by atoms with E-state index in [1.807, 2.05) is 0 Å². The second-order valence-electron chi connectivity index (χ2n) is 4.01. The van der Waals surface area contributed by atoms with Crippen LogP contribution in [0.2, 0.25) is 0 Å². The highest BCUT2D eigenvalue weighted by atomic mass is 16.3. The van der Waals surface area contributed by atoms with Gasteiger partial charge in [-0.3, -0.25) is 10.1 Å². The molecule has 0 radical (unpaired) electrons. The van der Waals surface area contributed by atoms with Gasteiger partial charge < -0.3 is 10.4 Å². The van der Waals surface area contributed by atoms with Gasteiger partial charge in [0, 0.05) is 5.92 Å². The van der Waals surface area contributed by atoms with Gasteiger partial charge in [0.05, 0.1) is 0 Å². The number of hydrogen-bond acceptors (Lipinski definition) is 3. The molecule has 14 heavy (non-hydrogen) atoms. The minimum absolute atomic E-state index is 0.136. The third kappa shape index (κ3) is 1.37. The Morgan fingerprint density at radius 2 is 1.86 bits per heavy atom. The van der Waals surface area contributed by atoms with Crippen molar-refractivity contribution in [1.82, 2.24) is 10.6 Å². The predicted octanol–water partition coefficient (Wildman–Crippen LogP) is 0.0947. The lowest BCUT2D eigenvalue weighted by molar-refractivity contribution is -0.144. The standard InChI is InChI=1S/C9H14N2O3/c12-7-9(14,11-8(13)10-7)6-4-2-1-3-5-6/h6,14H,1-5H2,(H2,10,11,12,13). The van der Waals surface area contributed by atoms with E-state index in [1.54, 1.807) is 0 Å². The quantitative estimate of drug-likeness (QED) is 0.523. The normalized spacial score (nSPS) is 34.1. The molecule has 3 N–H and O–H groups in total. The number of imide groups is 1. The average molecular weight is 198 g/mol. The summed E-state index contributed by atoms with van der Waals surface area (Å²) in [4.78, 5) is 22.3. The first kappa shape index (κ1) is 9.45. The number of rotatable bonds is 1. The van der Waals surface area contributed by atoms with Crippen molar-refractivity contribution in [2.45, 2.75) is 37.8 Å². The zero-order valence-electron chi connectivity index (χ0n) is 7.88. The summed E-state index contributed by atoms with van der Waals surface area (Å²) >= 11 is 0. The van der Waals surface area contributed by atoms with Crippen molar-refractivity contribution in [3.8, 4) is 0 Å². The molecule has 1 saturated carbocycles. The van der Waals surface area contributed by atoms with Gasteiger partial charge in [0.2, 0.25) is 5.72 Å². The molecule has 78 valence electrons. The third-order valence-electron chi connectivity index (χ3n) is 3.07. The van der Waals surface area contributed by atoms with Crippen LogP contribution < -0.4 is 10.6 Å². The first-order valence-electron chi connectivity index (χ1n) is 4.99. The highest BCUT2D eigenvalue weighted by Gasteiger charge is 2.50. The number of hydrogen-bond donors (Lipinski definition) is 3. The third-order valence-corrected chi connectivity index (χ3v) is 3.07. The van der Waals surface area contributed by atoms with Gasteiger partial charge in [-0.2, -0.15) is 0 Å². The molecule has 1 saturated heterocycles. The molecule has 0 bridgehead atoms. The number of urea groups is 1. The molecule has 2 rings (SSSR count). The molecule has 1 atom stereocenters. The molecule has 2 aliphatic rings. The van der Waals surface area contributed by atoms with E-state index in [-0.39, 0.29) is 5.92 Å². The van der Waals surface area contributed by atoms with Gasteiger partial charge in [-0.1, -0.05) is 19.3 Å². The fourth-order valence-corrected chi connectivity index (χ4v) is 2.27. The summed E-state index contributed by atoms with van der Waals surface area (Å²) in [5, 5.41) is 14.4. The van der Waals surface area contributed by atoms with Gasteiger partial charge in [-0.15, -0.1) is 0 Å². The second kappa shape index (κ2) is 3.24. The van der Waals surface area contributed by atoms with E-state index in [0.29, 0.717) is 0 Å². The minimum Gasteiger partial charge on any atom is -0.363 e. The maximum absolute atomic E-state index is 11.4. The largest absolute Gasteiger partial charge is 0.363 e. The molecule has 1 heterocycles. The molecule has 5 heteroatoms. The average Bonchev–Trinajstić information content (AvgIpc) is 2.43. The summed E-state index contributed by atoms with van der Waals surface area (Å²) < 4.78 is 0. The van der Waals surface area contributed by atoms with E-state index in [9.17, 15) is 14.7 Å². The highest BCUT2D eigenvalue weighted by Crippen LogP contribution is 2.32. The summed E-state index contributed by atoms with van der Waals surface area (Å²) in [6.45, 7) is 0. The molecule has 0 spiro atoms. The van der Waals surface area contributed by atoms with Gasteiger partial charge in [0.25, 0.3) is 5.91 Å². The molecule has 3 amide bonds. The van der Waals surface area contributed by atoms with E-state index in [2.05, 4.69) is 10.6 Å². The summed E-state index contributed by atoms with van der Waals surface area (Å²) in [6.07, 6.45) is 4.75. The van der Waals surface area contributed by atoms with Crippen LogP contribution in [-0.2, 0) is 4.79 Å². The Labute approximate surface area is 81.9 Å². The Morgan fingerprint density at radius 1 is 1.21 bits per heavy atom. The second-order valence-corrected chi connectivity index (χ2v) is 4.01. The highest BCUT2D eigenvalue weighted by molar-refractivity contribution is 6.06. The summed E-state index contributed by atoms with van der Waals surface area (Å²) in [7, 11) is 0. The Kier molecular flexibility index (Phi) is 2.19. The molecule has 0 aromatic heterocycles. The zero-order valence-corrected chi connectivity index (χ0v) is 7.88. The van der Waals surface area contributed by atoms with E-state index < -0.39 is 17.7 Å². The summed E-state index contributed by atoms with van der Waals surface area (Å²) in [5.41, 5.74) is -1.66. The smallest absolute Gasteiger partial charge is 0.324 e. The Bertz CT molecular complexity index is 273. The molecule has 1 unspecified atom stereocenters. The SMILES string of the molecule is O=C1NC(=O)C(O)(C2CCCCC2)N1. The lowest BCUT2D eigenvalue weighted by Gasteiger charge is -2.32. The fourth-order valence-electron chi connectivity index (χ4n) is 2.27. The van der Waals surface area contributed by atoms with Crippen molar-refractivity contribution < 1.29 is 14.7 Å². The summed E-state index contributed by atoms with van der Waals surface area (Å²) in [5.74, 6) is -0.739. The Balaban J connectivity index is 2.14. The van der Waals surface area contributed by atoms with Crippen molar-refractivity contribution in [3.05, 3.63) is 0 Å². The number of amides is 3. The van der Waals surface area contributed by atoms with Gasteiger partial charge >= 0.3 is 6.03 Å². The van der Waals surface area contributed by atoms with Crippen LogP contribution in [0.1, 0.15) is 32.1 Å². The number of carbonyl (C=O) groups is 2. The van der Waals surface area contributed by atoms with Gasteiger partial charge in [0.15, 0.2) is 0 Å². The molecule has 1 aliphatic carbocycles. The summed E-state index contributed by atoms with van der Waals surface area (Å²) in [6, 6.07) is -0.594. The fraction of sp³-hybridized carbons (Fsp3) is 0.778. The molecule has 2 fully saturated rings. The van der Waals surface area contributed by atoms with Crippen LogP contribution in [0.3, 0.4) is 0 Å². The maximum atomic E-state index is 11.4. The van der Waals surface area contributed by atoms with Crippen LogP contribution >= 0.6 is 0 Å². The minimum atomic E-state index is -1.66. The van der Waals surface area contributed by atoms with Gasteiger partial charge in [0.1, 0.15) is 0 Å². The molecule has 0 aromatic rings. The van der Waals surface area contributed by atoms with E-state index in [4.69, 9.17) is 0 Å². The molecular formula is C9H14N2O3. The molecule has 5 nitrogen and oxygen atoms in total. The van der Waals surface area contributed by atoms with Crippen LogP contribution in [0.4, 0.5) is 4.79 Å². The van der Waals surface area contributed by atoms with Gasteiger partial charge in [-0.25, -0.2) is 4.79 Å². The van der Waals surface area contributed by atoms with E-state index in [1.165, 1.54) is 0 Å². The van der Waals surface area contributed by atoms with Crippen molar-refractivity contribution in [3.63, 3.8) is 0 Å². The van der Waals surface area contributed by atoms with Crippen LogP contribution in [0.5, 0.6) is 0 Å². The first-order chi connectivity index (χ1) is 6.63. The van der Waals surface area contributed by atoms with Crippen molar-refractivity contribution in [2.75, 3.05) is 0 Å². The van der Waals surface area contributed by atoms with Gasteiger partial charge in [-0.05, 0) is 12.8 Å². The first-order valence-corrected chi connectivity index (χ1v) is 4.99. The van der Waals surface area contributed by atoms with Crippen molar-refractivity contribution in [1.29, 1.82) is 0 Å². The predicted molar refractivity (Wildman–Crippen MR) is 48.2 cm³/mol. The molecular weight excluding hydrogens is 184 g/mol. The maximum Gasteiger partial charge on any atom is 0.324 e.